The highest BCUT2D eigenvalue weighted by Gasteiger charge is 2.37. The molecule has 9 nitrogen and oxygen atoms in total. The molecule has 1 spiro atoms. The topological polar surface area (TPSA) is 109 Å². The molecule has 0 radical (unpaired) electrons. The van der Waals surface area contributed by atoms with Gasteiger partial charge in [0, 0.05) is 45.0 Å². The quantitative estimate of drug-likeness (QED) is 0.426. The highest BCUT2D eigenvalue weighted by atomic mass is 16.3. The summed E-state index contributed by atoms with van der Waals surface area (Å²) in [7, 11) is 0. The molecule has 198 valence electrons. The van der Waals surface area contributed by atoms with Gasteiger partial charge in [-0.1, -0.05) is 13.8 Å². The molecule has 0 atom stereocenters. The third kappa shape index (κ3) is 5.43. The van der Waals surface area contributed by atoms with Crippen LogP contribution in [0.3, 0.4) is 0 Å². The van der Waals surface area contributed by atoms with Crippen molar-refractivity contribution in [1.29, 1.82) is 0 Å². The maximum Gasteiger partial charge on any atom is 0.259 e. The molecule has 0 bridgehead atoms. The molecule has 6 heterocycles. The predicted octanol–water partition coefficient (Wildman–Crippen LogP) is 3.63. The number of pyridine rings is 3. The number of nitrogens with zero attached hydrogens (tertiary/aromatic N) is 4. The molecule has 0 saturated carbocycles. The summed E-state index contributed by atoms with van der Waals surface area (Å²) in [4.78, 5) is 29.6. The van der Waals surface area contributed by atoms with Crippen LogP contribution in [0.1, 0.15) is 46.0 Å². The number of aromatic nitrogens is 3. The lowest BCUT2D eigenvalue weighted by Gasteiger charge is -2.39. The van der Waals surface area contributed by atoms with Crippen LogP contribution in [-0.4, -0.2) is 65.4 Å². The molecule has 0 amide bonds. The highest BCUT2D eigenvalue weighted by molar-refractivity contribution is 5.93. The lowest BCUT2D eigenvalue weighted by Crippen LogP contribution is -2.41. The van der Waals surface area contributed by atoms with Crippen molar-refractivity contribution in [3.05, 3.63) is 47.0 Å². The Bertz CT molecular complexity index is 1240. The smallest absolute Gasteiger partial charge is 0.259 e. The number of hydrogen-bond donors (Lipinski definition) is 4. The molecule has 3 aromatic heterocycles. The van der Waals surface area contributed by atoms with Crippen LogP contribution in [0, 0.1) is 5.41 Å². The van der Waals surface area contributed by atoms with Crippen LogP contribution in [-0.2, 0) is 0 Å². The standard InChI is InChI=1S/C26H33N7O2.C2H6/c34-19-4-11-32(12-5-19)18-1-2-22(29-16-18)30-21-15-23(31-20-3-9-28-25(35)24(20)21)33-13-7-26(8-14-33)6-10-27-17-26;1-2/h1-3,9,15-16,19,27,34H,4-8,10-14,17H2,(H,28,35)(H,29,30,31);1-2H3. The van der Waals surface area contributed by atoms with Crippen LogP contribution >= 0.6 is 0 Å². The van der Waals surface area contributed by atoms with Crippen molar-refractivity contribution in [3.8, 4) is 0 Å². The number of aromatic amines is 1. The molecule has 3 aliphatic heterocycles. The normalized spacial score (nSPS) is 19.6. The van der Waals surface area contributed by atoms with Gasteiger partial charge in [0.05, 0.1) is 34.6 Å². The third-order valence-corrected chi connectivity index (χ3v) is 8.04. The number of hydrogen-bond acceptors (Lipinski definition) is 8. The number of aliphatic hydroxyl groups excluding tert-OH is 1. The molecular weight excluding hydrogens is 466 g/mol. The summed E-state index contributed by atoms with van der Waals surface area (Å²) in [5.41, 5.74) is 2.71. The largest absolute Gasteiger partial charge is 0.393 e. The van der Waals surface area contributed by atoms with Crippen molar-refractivity contribution in [2.24, 2.45) is 5.41 Å². The third-order valence-electron chi connectivity index (χ3n) is 8.04. The number of rotatable bonds is 4. The zero-order valence-corrected chi connectivity index (χ0v) is 22.0. The Kier molecular flexibility index (Phi) is 7.62. The zero-order chi connectivity index (χ0) is 25.8. The molecular formula is C28H39N7O2. The van der Waals surface area contributed by atoms with Gasteiger partial charge in [-0.2, -0.15) is 0 Å². The monoisotopic (exact) mass is 505 g/mol. The van der Waals surface area contributed by atoms with Gasteiger partial charge in [0.1, 0.15) is 11.6 Å². The Balaban J connectivity index is 0.00000137. The van der Waals surface area contributed by atoms with Crippen molar-refractivity contribution in [2.75, 3.05) is 54.4 Å². The molecule has 9 heteroatoms. The van der Waals surface area contributed by atoms with Crippen LogP contribution in [0.5, 0.6) is 0 Å². The Morgan fingerprint density at radius 3 is 2.51 bits per heavy atom. The minimum atomic E-state index is -0.201. The predicted molar refractivity (Wildman–Crippen MR) is 150 cm³/mol. The van der Waals surface area contributed by atoms with E-state index in [-0.39, 0.29) is 11.7 Å². The summed E-state index contributed by atoms with van der Waals surface area (Å²) in [6, 6.07) is 7.84. The van der Waals surface area contributed by atoms with Crippen molar-refractivity contribution in [1.82, 2.24) is 20.3 Å². The summed E-state index contributed by atoms with van der Waals surface area (Å²) in [6.07, 6.45) is 8.45. The minimum absolute atomic E-state index is 0.165. The van der Waals surface area contributed by atoms with E-state index in [1.807, 2.05) is 44.3 Å². The second-order valence-corrected chi connectivity index (χ2v) is 10.3. The molecule has 3 saturated heterocycles. The minimum Gasteiger partial charge on any atom is -0.393 e. The average molecular weight is 506 g/mol. The molecule has 3 aromatic rings. The van der Waals surface area contributed by atoms with E-state index >= 15 is 0 Å². The molecule has 0 aromatic carbocycles. The number of piperidine rings is 2. The molecule has 0 unspecified atom stereocenters. The Morgan fingerprint density at radius 1 is 1.05 bits per heavy atom. The lowest BCUT2D eigenvalue weighted by molar-refractivity contribution is 0.145. The van der Waals surface area contributed by atoms with Gasteiger partial charge in [0.25, 0.3) is 5.56 Å². The number of fused-ring (bicyclic) bond motifs is 1. The van der Waals surface area contributed by atoms with E-state index in [0.717, 1.165) is 82.1 Å². The summed E-state index contributed by atoms with van der Waals surface area (Å²) < 4.78 is 0. The van der Waals surface area contributed by atoms with Gasteiger partial charge < -0.3 is 30.5 Å². The lowest BCUT2D eigenvalue weighted by atomic mass is 9.78. The fraction of sp³-hybridized carbons (Fsp3) is 0.536. The van der Waals surface area contributed by atoms with Crippen molar-refractivity contribution in [3.63, 3.8) is 0 Å². The molecule has 0 aliphatic carbocycles. The first-order valence-electron chi connectivity index (χ1n) is 13.7. The van der Waals surface area contributed by atoms with Crippen molar-refractivity contribution >= 4 is 33.9 Å². The van der Waals surface area contributed by atoms with Crippen LogP contribution in [0.15, 0.2) is 41.5 Å². The molecule has 4 N–H and O–H groups in total. The zero-order valence-electron chi connectivity index (χ0n) is 22.0. The maximum atomic E-state index is 12.7. The Hall–Kier alpha value is -3.17. The second-order valence-electron chi connectivity index (χ2n) is 10.3. The van der Waals surface area contributed by atoms with Crippen LogP contribution in [0.25, 0.3) is 10.9 Å². The van der Waals surface area contributed by atoms with E-state index in [9.17, 15) is 9.90 Å². The van der Waals surface area contributed by atoms with Crippen LogP contribution in [0.2, 0.25) is 0 Å². The Labute approximate surface area is 218 Å². The van der Waals surface area contributed by atoms with Crippen LogP contribution < -0.4 is 26.0 Å². The maximum absolute atomic E-state index is 12.7. The van der Waals surface area contributed by atoms with Gasteiger partial charge in [0.2, 0.25) is 0 Å². The van der Waals surface area contributed by atoms with Gasteiger partial charge in [-0.15, -0.1) is 0 Å². The Morgan fingerprint density at radius 2 is 1.84 bits per heavy atom. The molecule has 6 rings (SSSR count). The first-order chi connectivity index (χ1) is 18.1. The van der Waals surface area contributed by atoms with Gasteiger partial charge in [0.15, 0.2) is 0 Å². The molecule has 3 fully saturated rings. The van der Waals surface area contributed by atoms with Crippen LogP contribution in [0.4, 0.5) is 23.0 Å². The summed E-state index contributed by atoms with van der Waals surface area (Å²) >= 11 is 0. The summed E-state index contributed by atoms with van der Waals surface area (Å²) in [6.45, 7) is 9.85. The number of anilines is 4. The fourth-order valence-electron chi connectivity index (χ4n) is 5.78. The van der Waals surface area contributed by atoms with E-state index < -0.39 is 0 Å². The van der Waals surface area contributed by atoms with E-state index in [1.165, 1.54) is 6.42 Å². The number of H-pyrrole nitrogens is 1. The summed E-state index contributed by atoms with van der Waals surface area (Å²) in [5, 5.41) is 17.2. The van der Waals surface area contributed by atoms with Gasteiger partial charge in [-0.05, 0) is 62.3 Å². The molecule has 3 aliphatic rings. The van der Waals surface area contributed by atoms with Gasteiger partial charge in [-0.25, -0.2) is 9.97 Å². The highest BCUT2D eigenvalue weighted by Crippen LogP contribution is 2.38. The number of nitrogens with one attached hydrogen (secondary N) is 3. The van der Waals surface area contributed by atoms with Gasteiger partial charge in [-0.3, -0.25) is 4.79 Å². The average Bonchev–Trinajstić information content (AvgIpc) is 3.39. The van der Waals surface area contributed by atoms with E-state index in [2.05, 4.69) is 30.4 Å². The fourth-order valence-corrected chi connectivity index (χ4v) is 5.78. The van der Waals surface area contributed by atoms with E-state index in [4.69, 9.17) is 4.98 Å². The van der Waals surface area contributed by atoms with E-state index in [1.54, 1.807) is 6.20 Å². The molecule has 37 heavy (non-hydrogen) atoms. The number of aliphatic hydroxyl groups is 1. The first-order valence-corrected chi connectivity index (χ1v) is 13.7. The second kappa shape index (κ2) is 11.1. The SMILES string of the molecule is CC.O=c1[nH]ccc2nc(N3CCC4(CCNC4)CC3)cc(Nc3ccc(N4CCC(O)CC4)cn3)c12. The van der Waals surface area contributed by atoms with Crippen molar-refractivity contribution < 1.29 is 5.11 Å². The van der Waals surface area contributed by atoms with Crippen molar-refractivity contribution in [2.45, 2.75) is 52.1 Å². The summed E-state index contributed by atoms with van der Waals surface area (Å²) in [5.74, 6) is 1.58. The van der Waals surface area contributed by atoms with E-state index in [0.29, 0.717) is 22.1 Å². The first kappa shape index (κ1) is 25.5. The van der Waals surface area contributed by atoms with Gasteiger partial charge >= 0.3 is 0 Å².